The van der Waals surface area contributed by atoms with Crippen LogP contribution in [0.4, 0.5) is 11.4 Å². The summed E-state index contributed by atoms with van der Waals surface area (Å²) in [5.41, 5.74) is 13.6. The molecule has 1 aliphatic rings. The minimum atomic E-state index is 0.917. The zero-order chi connectivity index (χ0) is 12.7. The fourth-order valence-electron chi connectivity index (χ4n) is 2.68. The van der Waals surface area contributed by atoms with Crippen LogP contribution >= 0.6 is 0 Å². The molecule has 0 spiro atoms. The normalized spacial score (nSPS) is 13.8. The van der Waals surface area contributed by atoms with Gasteiger partial charge in [0.05, 0.1) is 0 Å². The fourth-order valence-corrected chi connectivity index (χ4v) is 2.68. The Morgan fingerprint density at radius 2 is 1.89 bits per heavy atom. The molecule has 0 amide bonds. The van der Waals surface area contributed by atoms with E-state index in [1.807, 2.05) is 12.1 Å². The van der Waals surface area contributed by atoms with Gasteiger partial charge >= 0.3 is 0 Å². The van der Waals surface area contributed by atoms with Gasteiger partial charge in [0, 0.05) is 24.5 Å². The molecule has 0 bridgehead atoms. The summed E-state index contributed by atoms with van der Waals surface area (Å²) in [6, 6.07) is 12.8. The molecule has 3 rings (SSSR count). The van der Waals surface area contributed by atoms with Crippen molar-refractivity contribution in [1.29, 1.82) is 0 Å². The third kappa shape index (κ3) is 1.74. The van der Waals surface area contributed by atoms with Crippen LogP contribution in [-0.4, -0.2) is 0 Å². The molecular weight excluding hydrogens is 220 g/mol. The Morgan fingerprint density at radius 3 is 2.67 bits per heavy atom. The van der Waals surface area contributed by atoms with Gasteiger partial charge in [-0.25, -0.2) is 0 Å². The molecule has 2 N–H and O–H groups in total. The second-order valence-electron chi connectivity index (χ2n) is 5.13. The maximum atomic E-state index is 6.05. The molecular formula is C16H18N2. The van der Waals surface area contributed by atoms with Crippen LogP contribution in [0.25, 0.3) is 0 Å². The summed E-state index contributed by atoms with van der Waals surface area (Å²) in [4.78, 5) is 2.41. The van der Waals surface area contributed by atoms with E-state index < -0.39 is 0 Å². The molecule has 0 atom stereocenters. The van der Waals surface area contributed by atoms with Gasteiger partial charge in [-0.05, 0) is 48.2 Å². The Labute approximate surface area is 108 Å². The van der Waals surface area contributed by atoms with Crippen molar-refractivity contribution in [2.24, 2.45) is 0 Å². The minimum absolute atomic E-state index is 0.917. The second-order valence-corrected chi connectivity index (χ2v) is 5.13. The van der Waals surface area contributed by atoms with Crippen molar-refractivity contribution in [1.82, 2.24) is 0 Å². The Hall–Kier alpha value is -1.96. The molecule has 0 aromatic heterocycles. The van der Waals surface area contributed by atoms with Gasteiger partial charge in [0.15, 0.2) is 0 Å². The monoisotopic (exact) mass is 238 g/mol. The zero-order valence-electron chi connectivity index (χ0n) is 10.9. The van der Waals surface area contributed by atoms with Gasteiger partial charge in [-0.1, -0.05) is 24.3 Å². The van der Waals surface area contributed by atoms with Gasteiger partial charge in [0.25, 0.3) is 0 Å². The number of fused-ring (bicyclic) bond motifs is 1. The lowest BCUT2D eigenvalue weighted by Gasteiger charge is -2.20. The van der Waals surface area contributed by atoms with E-state index in [2.05, 4.69) is 43.0 Å². The van der Waals surface area contributed by atoms with Gasteiger partial charge in [-0.3, -0.25) is 0 Å². The lowest BCUT2D eigenvalue weighted by molar-refractivity contribution is 0.874. The predicted molar refractivity (Wildman–Crippen MR) is 76.7 cm³/mol. The van der Waals surface area contributed by atoms with Crippen molar-refractivity contribution in [2.45, 2.75) is 26.9 Å². The standard InChI is InChI=1S/C16H18N2/c1-11-6-7-12(2)16(8-11)18-9-13-4-3-5-15(17)14(13)10-18/h3-8H,9-10,17H2,1-2H3. The maximum absolute atomic E-state index is 6.05. The Bertz CT molecular complexity index is 602. The van der Waals surface area contributed by atoms with Gasteiger partial charge in [0.2, 0.25) is 0 Å². The van der Waals surface area contributed by atoms with E-state index in [9.17, 15) is 0 Å². The highest BCUT2D eigenvalue weighted by molar-refractivity contribution is 5.62. The molecule has 0 fully saturated rings. The lowest BCUT2D eigenvalue weighted by atomic mass is 10.1. The highest BCUT2D eigenvalue weighted by atomic mass is 15.1. The first-order chi connectivity index (χ1) is 8.65. The van der Waals surface area contributed by atoms with E-state index >= 15 is 0 Å². The van der Waals surface area contributed by atoms with Gasteiger partial charge in [0.1, 0.15) is 0 Å². The molecule has 18 heavy (non-hydrogen) atoms. The molecule has 0 aliphatic carbocycles. The summed E-state index contributed by atoms with van der Waals surface area (Å²) in [5, 5.41) is 0. The van der Waals surface area contributed by atoms with E-state index in [0.29, 0.717) is 0 Å². The maximum Gasteiger partial charge on any atom is 0.0457 e. The van der Waals surface area contributed by atoms with Gasteiger partial charge in [-0.15, -0.1) is 0 Å². The molecule has 0 unspecified atom stereocenters. The molecule has 0 saturated heterocycles. The summed E-state index contributed by atoms with van der Waals surface area (Å²) in [6.45, 7) is 6.19. The van der Waals surface area contributed by atoms with Crippen molar-refractivity contribution in [3.05, 3.63) is 58.7 Å². The molecule has 1 aliphatic heterocycles. The third-order valence-electron chi connectivity index (χ3n) is 3.72. The molecule has 0 radical (unpaired) electrons. The molecule has 2 heteroatoms. The van der Waals surface area contributed by atoms with Crippen LogP contribution in [0.5, 0.6) is 0 Å². The average Bonchev–Trinajstić information content (AvgIpc) is 2.77. The fraction of sp³-hybridized carbons (Fsp3) is 0.250. The molecule has 2 aromatic carbocycles. The first-order valence-electron chi connectivity index (χ1n) is 6.33. The largest absolute Gasteiger partial charge is 0.398 e. The highest BCUT2D eigenvalue weighted by Gasteiger charge is 2.21. The van der Waals surface area contributed by atoms with Crippen LogP contribution in [0, 0.1) is 13.8 Å². The zero-order valence-corrected chi connectivity index (χ0v) is 10.9. The van der Waals surface area contributed by atoms with E-state index in [0.717, 1.165) is 18.8 Å². The average molecular weight is 238 g/mol. The summed E-state index contributed by atoms with van der Waals surface area (Å²) in [7, 11) is 0. The Morgan fingerprint density at radius 1 is 1.06 bits per heavy atom. The summed E-state index contributed by atoms with van der Waals surface area (Å²) in [6.07, 6.45) is 0. The van der Waals surface area contributed by atoms with Crippen LogP contribution < -0.4 is 10.6 Å². The number of benzene rings is 2. The van der Waals surface area contributed by atoms with E-state index in [1.165, 1.54) is 27.9 Å². The number of nitrogens with zero attached hydrogens (tertiary/aromatic N) is 1. The predicted octanol–water partition coefficient (Wildman–Crippen LogP) is 3.41. The number of hydrogen-bond acceptors (Lipinski definition) is 2. The van der Waals surface area contributed by atoms with Crippen molar-refractivity contribution < 1.29 is 0 Å². The van der Waals surface area contributed by atoms with E-state index in [1.54, 1.807) is 0 Å². The number of hydrogen-bond donors (Lipinski definition) is 1. The first kappa shape index (κ1) is 11.1. The van der Waals surface area contributed by atoms with E-state index in [-0.39, 0.29) is 0 Å². The van der Waals surface area contributed by atoms with Crippen LogP contribution in [0.1, 0.15) is 22.3 Å². The van der Waals surface area contributed by atoms with Crippen LogP contribution in [-0.2, 0) is 13.1 Å². The van der Waals surface area contributed by atoms with Crippen molar-refractivity contribution in [3.63, 3.8) is 0 Å². The van der Waals surface area contributed by atoms with Gasteiger partial charge in [-0.2, -0.15) is 0 Å². The number of rotatable bonds is 1. The smallest absolute Gasteiger partial charge is 0.0457 e. The van der Waals surface area contributed by atoms with Crippen LogP contribution in [0.3, 0.4) is 0 Å². The minimum Gasteiger partial charge on any atom is -0.398 e. The number of nitrogens with two attached hydrogens (primary N) is 1. The van der Waals surface area contributed by atoms with Crippen LogP contribution in [0.15, 0.2) is 36.4 Å². The van der Waals surface area contributed by atoms with Crippen molar-refractivity contribution in [2.75, 3.05) is 10.6 Å². The van der Waals surface area contributed by atoms with Crippen LogP contribution in [0.2, 0.25) is 0 Å². The van der Waals surface area contributed by atoms with Crippen molar-refractivity contribution >= 4 is 11.4 Å². The Balaban J connectivity index is 1.99. The number of anilines is 2. The lowest BCUT2D eigenvalue weighted by Crippen LogP contribution is -2.15. The summed E-state index contributed by atoms with van der Waals surface area (Å²) in [5.74, 6) is 0. The highest BCUT2D eigenvalue weighted by Crippen LogP contribution is 2.33. The third-order valence-corrected chi connectivity index (χ3v) is 3.72. The molecule has 2 aromatic rings. The first-order valence-corrected chi connectivity index (χ1v) is 6.33. The van der Waals surface area contributed by atoms with E-state index in [4.69, 9.17) is 5.73 Å². The Kier molecular flexibility index (Phi) is 2.51. The molecule has 0 saturated carbocycles. The quantitative estimate of drug-likeness (QED) is 0.771. The SMILES string of the molecule is Cc1ccc(C)c(N2Cc3cccc(N)c3C2)c1. The number of nitrogen functional groups attached to an aromatic ring is 1. The summed E-state index contributed by atoms with van der Waals surface area (Å²) < 4.78 is 0. The number of aryl methyl sites for hydroxylation is 2. The molecule has 2 nitrogen and oxygen atoms in total. The second kappa shape index (κ2) is 4.05. The molecule has 92 valence electrons. The topological polar surface area (TPSA) is 29.3 Å². The van der Waals surface area contributed by atoms with Crippen molar-refractivity contribution in [3.8, 4) is 0 Å². The summed E-state index contributed by atoms with van der Waals surface area (Å²) >= 11 is 0. The molecule has 1 heterocycles. The van der Waals surface area contributed by atoms with Gasteiger partial charge < -0.3 is 10.6 Å².